The molecule has 2 N–H and O–H groups in total. The first kappa shape index (κ1) is 22.2. The molecule has 3 heterocycles. The van der Waals surface area contributed by atoms with Crippen LogP contribution in [-0.4, -0.2) is 38.8 Å². The van der Waals surface area contributed by atoms with E-state index in [0.29, 0.717) is 5.92 Å². The van der Waals surface area contributed by atoms with E-state index in [2.05, 4.69) is 42.0 Å². The smallest absolute Gasteiger partial charge is 0.191 e. The van der Waals surface area contributed by atoms with Crippen molar-refractivity contribution >= 4 is 41.3 Å². The zero-order chi connectivity index (χ0) is 18.2. The average molecular weight is 503 g/mol. The lowest BCUT2D eigenvalue weighted by Gasteiger charge is -2.22. The molecule has 0 aromatic carbocycles. The summed E-state index contributed by atoms with van der Waals surface area (Å²) in [5.41, 5.74) is 0.0280. The summed E-state index contributed by atoms with van der Waals surface area (Å²) in [6.07, 6.45) is 3.67. The fourth-order valence-corrected chi connectivity index (χ4v) is 3.78. The molecule has 27 heavy (non-hydrogen) atoms. The van der Waals surface area contributed by atoms with Gasteiger partial charge in [0.15, 0.2) is 5.96 Å². The van der Waals surface area contributed by atoms with Crippen molar-refractivity contribution in [1.82, 2.24) is 10.6 Å². The summed E-state index contributed by atoms with van der Waals surface area (Å²) in [5.74, 6) is 2.42. The van der Waals surface area contributed by atoms with Crippen molar-refractivity contribution in [2.24, 2.45) is 10.9 Å². The number of rotatable bonds is 8. The Balaban J connectivity index is 0.00000261. The van der Waals surface area contributed by atoms with Crippen LogP contribution in [0.25, 0.3) is 0 Å². The summed E-state index contributed by atoms with van der Waals surface area (Å²) < 4.78 is 10.9. The second kappa shape index (κ2) is 11.1. The molecule has 5 nitrogen and oxygen atoms in total. The minimum atomic E-state index is 0. The summed E-state index contributed by atoms with van der Waals surface area (Å²) in [5, 5.41) is 9.06. The summed E-state index contributed by atoms with van der Waals surface area (Å²) in [6, 6.07) is 8.22. The molecule has 1 atom stereocenters. The molecule has 0 radical (unpaired) electrons. The number of hydrogen-bond acceptors (Lipinski definition) is 4. The Morgan fingerprint density at radius 3 is 2.85 bits per heavy atom. The van der Waals surface area contributed by atoms with E-state index in [1.54, 1.807) is 17.6 Å². The molecule has 7 heteroatoms. The Bertz CT molecular complexity index is 665. The molecular formula is C20H30IN3O2S. The van der Waals surface area contributed by atoms with Crippen molar-refractivity contribution in [3.05, 3.63) is 46.5 Å². The summed E-state index contributed by atoms with van der Waals surface area (Å²) in [7, 11) is 0. The van der Waals surface area contributed by atoms with Gasteiger partial charge in [0, 0.05) is 42.3 Å². The zero-order valence-electron chi connectivity index (χ0n) is 16.1. The van der Waals surface area contributed by atoms with Crippen molar-refractivity contribution in [2.75, 3.05) is 32.8 Å². The first-order chi connectivity index (χ1) is 12.6. The molecule has 2 aromatic rings. The molecule has 3 rings (SSSR count). The molecule has 0 saturated carbocycles. The Kier molecular flexibility index (Phi) is 9.11. The predicted octanol–water partition coefficient (Wildman–Crippen LogP) is 4.05. The highest BCUT2D eigenvalue weighted by molar-refractivity contribution is 14.0. The molecule has 1 unspecified atom stereocenters. The highest BCUT2D eigenvalue weighted by Gasteiger charge is 2.22. The lowest BCUT2D eigenvalue weighted by molar-refractivity contribution is 0.186. The van der Waals surface area contributed by atoms with Crippen LogP contribution in [0.3, 0.4) is 0 Å². The summed E-state index contributed by atoms with van der Waals surface area (Å²) >= 11 is 1.79. The number of nitrogens with one attached hydrogen (secondary N) is 2. The van der Waals surface area contributed by atoms with Gasteiger partial charge >= 0.3 is 0 Å². The molecule has 0 bridgehead atoms. The number of furan rings is 1. The van der Waals surface area contributed by atoms with Crippen LogP contribution in [0, 0.1) is 5.92 Å². The molecule has 0 amide bonds. The van der Waals surface area contributed by atoms with Crippen LogP contribution in [-0.2, 0) is 16.6 Å². The lowest BCUT2D eigenvalue weighted by atomic mass is 9.92. The van der Waals surface area contributed by atoms with E-state index in [0.717, 1.165) is 57.4 Å². The third-order valence-electron chi connectivity index (χ3n) is 4.65. The van der Waals surface area contributed by atoms with E-state index in [1.807, 2.05) is 12.1 Å². The largest absolute Gasteiger partial charge is 0.469 e. The standard InChI is InChI=1S/C20H29N3O2S.HI/c1-20(2,18-6-4-12-26-18)15-23-19(22-13-16-8-11-24-14-16)21-9-7-17-5-3-10-25-17;/h3-6,10,12,16H,7-9,11,13-15H2,1-2H3,(H2,21,22,23);1H. The van der Waals surface area contributed by atoms with Crippen LogP contribution >= 0.6 is 35.3 Å². The van der Waals surface area contributed by atoms with Crippen molar-refractivity contribution in [1.29, 1.82) is 0 Å². The molecule has 1 aliphatic rings. The molecule has 150 valence electrons. The highest BCUT2D eigenvalue weighted by atomic mass is 127. The fraction of sp³-hybridized carbons (Fsp3) is 0.550. The van der Waals surface area contributed by atoms with Crippen LogP contribution in [0.15, 0.2) is 45.3 Å². The molecule has 2 aromatic heterocycles. The van der Waals surface area contributed by atoms with Gasteiger partial charge in [-0.2, -0.15) is 0 Å². The Labute approximate surface area is 183 Å². The van der Waals surface area contributed by atoms with Crippen molar-refractivity contribution < 1.29 is 9.15 Å². The first-order valence-corrected chi connectivity index (χ1v) is 10.2. The highest BCUT2D eigenvalue weighted by Crippen LogP contribution is 2.27. The quantitative estimate of drug-likeness (QED) is 0.324. The Hall–Kier alpha value is -1.06. The molecule has 1 fully saturated rings. The molecular weight excluding hydrogens is 473 g/mol. The number of hydrogen-bond donors (Lipinski definition) is 2. The van der Waals surface area contributed by atoms with Crippen LogP contribution in [0.2, 0.25) is 0 Å². The van der Waals surface area contributed by atoms with E-state index in [-0.39, 0.29) is 29.4 Å². The molecule has 1 saturated heterocycles. The maximum atomic E-state index is 5.47. The third-order valence-corrected chi connectivity index (χ3v) is 5.88. The molecule has 0 aliphatic carbocycles. The van der Waals surface area contributed by atoms with E-state index in [4.69, 9.17) is 14.1 Å². The van der Waals surface area contributed by atoms with Crippen molar-refractivity contribution in [3.63, 3.8) is 0 Å². The van der Waals surface area contributed by atoms with Crippen molar-refractivity contribution in [2.45, 2.75) is 32.1 Å². The van der Waals surface area contributed by atoms with Gasteiger partial charge in [0.1, 0.15) is 5.76 Å². The number of nitrogens with zero attached hydrogens (tertiary/aromatic N) is 1. The van der Waals surface area contributed by atoms with Crippen LogP contribution < -0.4 is 10.6 Å². The SMILES string of the molecule is CC(C)(CN=C(NCCc1ccco1)NCC1CCOC1)c1cccs1.I. The maximum absolute atomic E-state index is 5.47. The summed E-state index contributed by atoms with van der Waals surface area (Å²) in [6.45, 7) is 8.63. The normalized spacial score (nSPS) is 17.6. The maximum Gasteiger partial charge on any atom is 0.191 e. The first-order valence-electron chi connectivity index (χ1n) is 9.30. The minimum absolute atomic E-state index is 0. The molecule has 0 spiro atoms. The van der Waals surface area contributed by atoms with Crippen molar-refractivity contribution in [3.8, 4) is 0 Å². The zero-order valence-corrected chi connectivity index (χ0v) is 19.2. The van der Waals surface area contributed by atoms with E-state index in [9.17, 15) is 0 Å². The van der Waals surface area contributed by atoms with Gasteiger partial charge in [-0.05, 0) is 30.0 Å². The Morgan fingerprint density at radius 2 is 2.19 bits per heavy atom. The van der Waals surface area contributed by atoms with Crippen LogP contribution in [0.4, 0.5) is 0 Å². The van der Waals surface area contributed by atoms with Gasteiger partial charge in [-0.25, -0.2) is 0 Å². The van der Waals surface area contributed by atoms with E-state index in [1.165, 1.54) is 4.88 Å². The van der Waals surface area contributed by atoms with Gasteiger partial charge in [-0.3, -0.25) is 4.99 Å². The van der Waals surface area contributed by atoms with Crippen LogP contribution in [0.5, 0.6) is 0 Å². The average Bonchev–Trinajstić information content (AvgIpc) is 3.40. The number of thiophene rings is 1. The summed E-state index contributed by atoms with van der Waals surface area (Å²) in [4.78, 5) is 6.22. The Morgan fingerprint density at radius 1 is 1.30 bits per heavy atom. The lowest BCUT2D eigenvalue weighted by Crippen LogP contribution is -2.41. The number of aliphatic imine (C=N–C) groups is 1. The van der Waals surface area contributed by atoms with Gasteiger partial charge < -0.3 is 19.8 Å². The van der Waals surface area contributed by atoms with Gasteiger partial charge in [0.25, 0.3) is 0 Å². The van der Waals surface area contributed by atoms with Crippen LogP contribution in [0.1, 0.15) is 30.9 Å². The number of ether oxygens (including phenoxy) is 1. The number of guanidine groups is 1. The fourth-order valence-electron chi connectivity index (χ4n) is 2.94. The van der Waals surface area contributed by atoms with E-state index >= 15 is 0 Å². The minimum Gasteiger partial charge on any atom is -0.469 e. The predicted molar refractivity (Wildman–Crippen MR) is 122 cm³/mol. The van der Waals surface area contributed by atoms with E-state index < -0.39 is 0 Å². The molecule has 1 aliphatic heterocycles. The second-order valence-electron chi connectivity index (χ2n) is 7.39. The van der Waals surface area contributed by atoms with Gasteiger partial charge in [0.05, 0.1) is 19.4 Å². The van der Waals surface area contributed by atoms with Gasteiger partial charge in [-0.15, -0.1) is 35.3 Å². The topological polar surface area (TPSA) is 58.8 Å². The second-order valence-corrected chi connectivity index (χ2v) is 8.34. The van der Waals surface area contributed by atoms with Gasteiger partial charge in [0.2, 0.25) is 0 Å². The third kappa shape index (κ3) is 7.12. The monoisotopic (exact) mass is 503 g/mol. The number of halogens is 1. The van der Waals surface area contributed by atoms with Gasteiger partial charge in [-0.1, -0.05) is 19.9 Å².